The molecular weight excluding hydrogens is 196 g/mol. The van der Waals surface area contributed by atoms with Gasteiger partial charge in [0.25, 0.3) is 0 Å². The van der Waals surface area contributed by atoms with E-state index in [1.54, 1.807) is 0 Å². The van der Waals surface area contributed by atoms with Gasteiger partial charge in [0, 0.05) is 5.92 Å². The molecule has 0 aromatic carbocycles. The quantitative estimate of drug-likeness (QED) is 0.607. The van der Waals surface area contributed by atoms with Crippen LogP contribution in [0.15, 0.2) is 11.6 Å². The molecule has 88 valence electrons. The maximum absolute atomic E-state index is 12.1. The van der Waals surface area contributed by atoms with Gasteiger partial charge in [-0.1, -0.05) is 33.3 Å². The lowest BCUT2D eigenvalue weighted by molar-refractivity contribution is -0.117. The van der Waals surface area contributed by atoms with E-state index >= 15 is 0 Å². The van der Waals surface area contributed by atoms with Crippen LogP contribution in [0.25, 0.3) is 0 Å². The lowest BCUT2D eigenvalue weighted by Gasteiger charge is -2.45. The maximum atomic E-state index is 12.1. The number of allylic oxidation sites excluding steroid dienone is 2. The Hall–Kier alpha value is -0.590. The van der Waals surface area contributed by atoms with Gasteiger partial charge in [-0.3, -0.25) is 4.79 Å². The summed E-state index contributed by atoms with van der Waals surface area (Å²) in [5, 5.41) is 0. The third-order valence-electron chi connectivity index (χ3n) is 5.90. The van der Waals surface area contributed by atoms with E-state index in [0.29, 0.717) is 23.0 Å². The van der Waals surface area contributed by atoms with Crippen LogP contribution in [0.2, 0.25) is 0 Å². The second-order valence-electron chi connectivity index (χ2n) is 6.92. The first-order valence-corrected chi connectivity index (χ1v) is 6.65. The fourth-order valence-corrected chi connectivity index (χ4v) is 4.77. The molecule has 0 N–H and O–H groups in total. The van der Waals surface area contributed by atoms with Crippen LogP contribution < -0.4 is 0 Å². The molecule has 3 aliphatic carbocycles. The monoisotopic (exact) mass is 218 g/mol. The highest BCUT2D eigenvalue weighted by atomic mass is 16.1. The SMILES string of the molecule is C[C@@H]1CCCC2=CC(=O)[C@@H]3[C@H](C3(C)C)[C@@]21C. The molecule has 0 aliphatic heterocycles. The molecule has 3 aliphatic rings. The molecule has 1 heteroatoms. The Bertz CT molecular complexity index is 390. The Morgan fingerprint density at radius 3 is 2.69 bits per heavy atom. The molecule has 0 amide bonds. The van der Waals surface area contributed by atoms with Gasteiger partial charge in [-0.05, 0) is 48.0 Å². The normalized spacial score (nSPS) is 49.1. The van der Waals surface area contributed by atoms with Crippen molar-refractivity contribution in [1.29, 1.82) is 0 Å². The second-order valence-corrected chi connectivity index (χ2v) is 6.92. The predicted octanol–water partition coefficient (Wildman–Crippen LogP) is 3.59. The Kier molecular flexibility index (Phi) is 1.85. The first-order chi connectivity index (χ1) is 7.40. The molecule has 0 spiro atoms. The van der Waals surface area contributed by atoms with Gasteiger partial charge in [0.05, 0.1) is 0 Å². The summed E-state index contributed by atoms with van der Waals surface area (Å²) < 4.78 is 0. The van der Waals surface area contributed by atoms with E-state index < -0.39 is 0 Å². The van der Waals surface area contributed by atoms with E-state index in [2.05, 4.69) is 27.7 Å². The highest BCUT2D eigenvalue weighted by Crippen LogP contribution is 2.73. The first kappa shape index (κ1) is 10.6. The number of fused-ring (bicyclic) bond motifs is 3. The van der Waals surface area contributed by atoms with Crippen LogP contribution >= 0.6 is 0 Å². The van der Waals surface area contributed by atoms with Crippen LogP contribution in [0.3, 0.4) is 0 Å². The van der Waals surface area contributed by atoms with Gasteiger partial charge in [-0.15, -0.1) is 0 Å². The minimum atomic E-state index is 0.246. The van der Waals surface area contributed by atoms with E-state index in [1.807, 2.05) is 6.08 Å². The molecule has 0 saturated heterocycles. The zero-order chi connectivity index (χ0) is 11.7. The third-order valence-corrected chi connectivity index (χ3v) is 5.90. The average Bonchev–Trinajstić information content (AvgIpc) is 2.77. The van der Waals surface area contributed by atoms with Crippen LogP contribution in [0.5, 0.6) is 0 Å². The molecule has 0 radical (unpaired) electrons. The van der Waals surface area contributed by atoms with Crippen molar-refractivity contribution in [2.45, 2.75) is 47.0 Å². The van der Waals surface area contributed by atoms with Gasteiger partial charge in [0.2, 0.25) is 0 Å². The van der Waals surface area contributed by atoms with Crippen molar-refractivity contribution >= 4 is 5.78 Å². The summed E-state index contributed by atoms with van der Waals surface area (Å²) in [6.45, 7) is 9.36. The number of hydrogen-bond acceptors (Lipinski definition) is 1. The molecular formula is C15H22O. The standard InChI is InChI=1S/C15H22O/c1-9-6-5-7-10-8-11(16)12-13(14(12,2)3)15(9,10)4/h8-9,12-13H,5-7H2,1-4H3/t9-,12-,13-,15-/m1/s1. The molecule has 0 aromatic rings. The van der Waals surface area contributed by atoms with Gasteiger partial charge in [-0.25, -0.2) is 0 Å². The van der Waals surface area contributed by atoms with Gasteiger partial charge in [-0.2, -0.15) is 0 Å². The topological polar surface area (TPSA) is 17.1 Å². The largest absolute Gasteiger partial charge is 0.295 e. The van der Waals surface area contributed by atoms with Crippen molar-refractivity contribution in [3.05, 3.63) is 11.6 Å². The number of hydrogen-bond donors (Lipinski definition) is 0. The van der Waals surface area contributed by atoms with Gasteiger partial charge in [0.15, 0.2) is 5.78 Å². The second kappa shape index (κ2) is 2.80. The van der Waals surface area contributed by atoms with Crippen molar-refractivity contribution < 1.29 is 4.79 Å². The number of carbonyl (C=O) groups is 1. The molecule has 4 atom stereocenters. The van der Waals surface area contributed by atoms with Crippen LogP contribution in [-0.4, -0.2) is 5.78 Å². The minimum absolute atomic E-state index is 0.246. The minimum Gasteiger partial charge on any atom is -0.295 e. The molecule has 0 unspecified atom stereocenters. The highest BCUT2D eigenvalue weighted by Gasteiger charge is 2.71. The Morgan fingerprint density at radius 1 is 1.31 bits per heavy atom. The average molecular weight is 218 g/mol. The first-order valence-electron chi connectivity index (χ1n) is 6.65. The zero-order valence-corrected chi connectivity index (χ0v) is 10.8. The van der Waals surface area contributed by atoms with Crippen molar-refractivity contribution in [2.24, 2.45) is 28.6 Å². The molecule has 1 nitrogen and oxygen atoms in total. The highest BCUT2D eigenvalue weighted by molar-refractivity contribution is 5.97. The van der Waals surface area contributed by atoms with E-state index in [9.17, 15) is 4.79 Å². The summed E-state index contributed by atoms with van der Waals surface area (Å²) in [6, 6.07) is 0. The predicted molar refractivity (Wildman–Crippen MR) is 65.0 cm³/mol. The van der Waals surface area contributed by atoms with Gasteiger partial charge < -0.3 is 0 Å². The number of ketones is 1. The van der Waals surface area contributed by atoms with E-state index in [4.69, 9.17) is 0 Å². The molecule has 16 heavy (non-hydrogen) atoms. The van der Waals surface area contributed by atoms with Crippen LogP contribution in [0.1, 0.15) is 47.0 Å². The summed E-state index contributed by atoms with van der Waals surface area (Å²) in [6.07, 6.45) is 5.77. The van der Waals surface area contributed by atoms with Crippen LogP contribution in [0, 0.1) is 28.6 Å². The van der Waals surface area contributed by atoms with Gasteiger partial charge >= 0.3 is 0 Å². The van der Waals surface area contributed by atoms with Crippen molar-refractivity contribution in [3.8, 4) is 0 Å². The molecule has 0 bridgehead atoms. The lowest BCUT2D eigenvalue weighted by atomic mass is 9.59. The summed E-state index contributed by atoms with van der Waals surface area (Å²) in [5.41, 5.74) is 2.03. The maximum Gasteiger partial charge on any atom is 0.159 e. The van der Waals surface area contributed by atoms with Crippen LogP contribution in [-0.2, 0) is 4.79 Å². The summed E-state index contributed by atoms with van der Waals surface area (Å²) in [4.78, 5) is 12.1. The summed E-state index contributed by atoms with van der Waals surface area (Å²) in [5.74, 6) is 2.09. The van der Waals surface area contributed by atoms with E-state index in [-0.39, 0.29) is 5.41 Å². The molecule has 0 heterocycles. The number of rotatable bonds is 0. The molecule has 0 aromatic heterocycles. The van der Waals surface area contributed by atoms with Crippen LogP contribution in [0.4, 0.5) is 0 Å². The Labute approximate surface area is 98.3 Å². The van der Waals surface area contributed by atoms with E-state index in [0.717, 1.165) is 12.3 Å². The molecule has 2 fully saturated rings. The number of carbonyl (C=O) groups excluding carboxylic acids is 1. The molecule has 2 saturated carbocycles. The summed E-state index contributed by atoms with van der Waals surface area (Å²) >= 11 is 0. The fourth-order valence-electron chi connectivity index (χ4n) is 4.77. The van der Waals surface area contributed by atoms with Crippen molar-refractivity contribution in [2.75, 3.05) is 0 Å². The lowest BCUT2D eigenvalue weighted by Crippen LogP contribution is -2.38. The zero-order valence-electron chi connectivity index (χ0n) is 10.8. The van der Waals surface area contributed by atoms with Gasteiger partial charge in [0.1, 0.15) is 0 Å². The Morgan fingerprint density at radius 2 is 2.00 bits per heavy atom. The van der Waals surface area contributed by atoms with Crippen molar-refractivity contribution in [1.82, 2.24) is 0 Å². The van der Waals surface area contributed by atoms with Crippen molar-refractivity contribution in [3.63, 3.8) is 0 Å². The smallest absolute Gasteiger partial charge is 0.159 e. The van der Waals surface area contributed by atoms with E-state index in [1.165, 1.54) is 18.4 Å². The third kappa shape index (κ3) is 1.00. The Balaban J connectivity index is 2.10. The fraction of sp³-hybridized carbons (Fsp3) is 0.800. The molecule has 3 rings (SSSR count). The summed E-state index contributed by atoms with van der Waals surface area (Å²) in [7, 11) is 0.